The van der Waals surface area contributed by atoms with E-state index in [4.69, 9.17) is 4.74 Å². The molecule has 1 aromatic rings. The first-order valence-electron chi connectivity index (χ1n) is 6.07. The lowest BCUT2D eigenvalue weighted by Gasteiger charge is -2.23. The van der Waals surface area contributed by atoms with Gasteiger partial charge in [-0.1, -0.05) is 39.8 Å². The van der Waals surface area contributed by atoms with Crippen molar-refractivity contribution in [3.8, 4) is 5.75 Å². The van der Waals surface area contributed by atoms with Crippen molar-refractivity contribution in [3.05, 3.63) is 29.3 Å². The molecule has 1 aromatic carbocycles. The molecule has 1 heterocycles. The average molecular weight is 206 g/mol. The van der Waals surface area contributed by atoms with E-state index in [2.05, 4.69) is 32.0 Å². The van der Waals surface area contributed by atoms with Gasteiger partial charge in [-0.15, -0.1) is 0 Å². The van der Waals surface area contributed by atoms with E-state index in [0.29, 0.717) is 5.92 Å². The van der Waals surface area contributed by atoms with Gasteiger partial charge >= 0.3 is 0 Å². The van der Waals surface area contributed by atoms with E-state index in [1.165, 1.54) is 11.1 Å². The fourth-order valence-electron chi connectivity index (χ4n) is 1.84. The van der Waals surface area contributed by atoms with E-state index in [1.54, 1.807) is 0 Å². The van der Waals surface area contributed by atoms with Crippen LogP contribution < -0.4 is 4.74 Å². The summed E-state index contributed by atoms with van der Waals surface area (Å²) in [6.07, 6.45) is 2.26. The number of hydrogen-bond donors (Lipinski definition) is 0. The second-order valence-corrected chi connectivity index (χ2v) is 3.76. The fraction of sp³-hybridized carbons (Fsp3) is 0.571. The molecule has 15 heavy (non-hydrogen) atoms. The van der Waals surface area contributed by atoms with Gasteiger partial charge in [0, 0.05) is 0 Å². The molecule has 1 unspecified atom stereocenters. The van der Waals surface area contributed by atoms with Crippen molar-refractivity contribution >= 4 is 0 Å². The van der Waals surface area contributed by atoms with Gasteiger partial charge in [0.2, 0.25) is 0 Å². The number of ether oxygens (including phenoxy) is 1. The first-order valence-corrected chi connectivity index (χ1v) is 6.07. The predicted octanol–water partition coefficient (Wildman–Crippen LogP) is 4.16. The Labute approximate surface area is 93.5 Å². The van der Waals surface area contributed by atoms with E-state index < -0.39 is 0 Å². The summed E-state index contributed by atoms with van der Waals surface area (Å²) < 4.78 is 5.59. The highest BCUT2D eigenvalue weighted by Gasteiger charge is 2.17. The summed E-state index contributed by atoms with van der Waals surface area (Å²) in [4.78, 5) is 0. The molecular formula is C14H22O. The summed E-state index contributed by atoms with van der Waals surface area (Å²) in [5.41, 5.74) is 2.81. The molecule has 0 fully saturated rings. The van der Waals surface area contributed by atoms with Crippen LogP contribution in [0.15, 0.2) is 18.2 Å². The van der Waals surface area contributed by atoms with Gasteiger partial charge in [-0.2, -0.15) is 0 Å². The maximum Gasteiger partial charge on any atom is 0.122 e. The lowest BCUT2D eigenvalue weighted by molar-refractivity contribution is 0.272. The fourth-order valence-corrected chi connectivity index (χ4v) is 1.84. The van der Waals surface area contributed by atoms with Crippen LogP contribution in [0.1, 0.15) is 51.2 Å². The van der Waals surface area contributed by atoms with Crippen molar-refractivity contribution in [3.63, 3.8) is 0 Å². The second kappa shape index (κ2) is 5.79. The molecule has 0 bridgehead atoms. The van der Waals surface area contributed by atoms with Crippen LogP contribution in [0.3, 0.4) is 0 Å². The Morgan fingerprint density at radius 3 is 2.73 bits per heavy atom. The van der Waals surface area contributed by atoms with Crippen molar-refractivity contribution in [1.82, 2.24) is 0 Å². The maximum atomic E-state index is 5.59. The maximum absolute atomic E-state index is 5.59. The summed E-state index contributed by atoms with van der Waals surface area (Å²) in [6.45, 7) is 9.34. The van der Waals surface area contributed by atoms with Crippen LogP contribution in [0.4, 0.5) is 0 Å². The summed E-state index contributed by atoms with van der Waals surface area (Å²) in [6, 6.07) is 6.57. The first-order chi connectivity index (χ1) is 7.31. The lowest BCUT2D eigenvalue weighted by Crippen LogP contribution is -2.12. The quantitative estimate of drug-likeness (QED) is 0.670. The van der Waals surface area contributed by atoms with Gasteiger partial charge in [-0.05, 0) is 36.0 Å². The predicted molar refractivity (Wildman–Crippen MR) is 65.7 cm³/mol. The molecule has 0 radical (unpaired) electrons. The number of rotatable bonds is 1. The molecule has 0 saturated carbocycles. The Kier molecular flexibility index (Phi) is 4.67. The van der Waals surface area contributed by atoms with E-state index in [0.717, 1.165) is 25.2 Å². The molecule has 0 aliphatic carbocycles. The minimum Gasteiger partial charge on any atom is -0.493 e. The summed E-state index contributed by atoms with van der Waals surface area (Å²) in [7, 11) is 0. The molecule has 0 N–H and O–H groups in total. The van der Waals surface area contributed by atoms with E-state index in [-0.39, 0.29) is 0 Å². The molecule has 0 aromatic heterocycles. The SMILES string of the molecule is CC.CCc1ccc2c(c1)C(C)CCO2. The highest BCUT2D eigenvalue weighted by Crippen LogP contribution is 2.33. The van der Waals surface area contributed by atoms with Crippen LogP contribution in [0.5, 0.6) is 5.75 Å². The van der Waals surface area contributed by atoms with Crippen molar-refractivity contribution in [2.75, 3.05) is 6.61 Å². The number of benzene rings is 1. The molecule has 1 aliphatic heterocycles. The second-order valence-electron chi connectivity index (χ2n) is 3.76. The van der Waals surface area contributed by atoms with Gasteiger partial charge in [-0.3, -0.25) is 0 Å². The van der Waals surface area contributed by atoms with Gasteiger partial charge in [0.15, 0.2) is 0 Å². The minimum absolute atomic E-state index is 0.662. The van der Waals surface area contributed by atoms with Crippen LogP contribution >= 0.6 is 0 Å². The molecule has 1 heteroatoms. The molecule has 0 amide bonds. The number of fused-ring (bicyclic) bond motifs is 1. The molecule has 1 nitrogen and oxygen atoms in total. The standard InChI is InChI=1S/C12H16O.C2H6/c1-3-10-4-5-12-11(8-10)9(2)6-7-13-12;1-2/h4-5,8-9H,3,6-7H2,1-2H3;1-2H3. The molecular weight excluding hydrogens is 184 g/mol. The molecule has 1 atom stereocenters. The van der Waals surface area contributed by atoms with E-state index >= 15 is 0 Å². The van der Waals surface area contributed by atoms with Gasteiger partial charge in [0.05, 0.1) is 6.61 Å². The highest BCUT2D eigenvalue weighted by molar-refractivity contribution is 5.40. The van der Waals surface area contributed by atoms with Crippen LogP contribution in [-0.2, 0) is 6.42 Å². The van der Waals surface area contributed by atoms with Crippen molar-refractivity contribution in [2.24, 2.45) is 0 Å². The number of aryl methyl sites for hydroxylation is 1. The molecule has 84 valence electrons. The Hall–Kier alpha value is -0.980. The Morgan fingerprint density at radius 2 is 2.07 bits per heavy atom. The Morgan fingerprint density at radius 1 is 1.33 bits per heavy atom. The number of hydrogen-bond acceptors (Lipinski definition) is 1. The van der Waals surface area contributed by atoms with Gasteiger partial charge in [0.25, 0.3) is 0 Å². The summed E-state index contributed by atoms with van der Waals surface area (Å²) in [5.74, 6) is 1.76. The summed E-state index contributed by atoms with van der Waals surface area (Å²) in [5, 5.41) is 0. The summed E-state index contributed by atoms with van der Waals surface area (Å²) >= 11 is 0. The van der Waals surface area contributed by atoms with Crippen LogP contribution in [0.25, 0.3) is 0 Å². The Balaban J connectivity index is 0.000000531. The zero-order valence-corrected chi connectivity index (χ0v) is 10.3. The topological polar surface area (TPSA) is 9.23 Å². The normalized spacial score (nSPS) is 18.3. The third-order valence-corrected chi connectivity index (χ3v) is 2.82. The van der Waals surface area contributed by atoms with Crippen molar-refractivity contribution in [1.29, 1.82) is 0 Å². The first kappa shape index (κ1) is 12.1. The third kappa shape index (κ3) is 2.74. The van der Waals surface area contributed by atoms with Crippen LogP contribution in [0, 0.1) is 0 Å². The monoisotopic (exact) mass is 206 g/mol. The Bertz CT molecular complexity index is 304. The molecule has 0 saturated heterocycles. The van der Waals surface area contributed by atoms with Gasteiger partial charge < -0.3 is 4.74 Å². The average Bonchev–Trinajstić information content (AvgIpc) is 2.32. The zero-order chi connectivity index (χ0) is 11.3. The van der Waals surface area contributed by atoms with E-state index in [1.807, 2.05) is 13.8 Å². The van der Waals surface area contributed by atoms with E-state index in [9.17, 15) is 0 Å². The largest absolute Gasteiger partial charge is 0.493 e. The van der Waals surface area contributed by atoms with Gasteiger partial charge in [-0.25, -0.2) is 0 Å². The zero-order valence-electron chi connectivity index (χ0n) is 10.3. The minimum atomic E-state index is 0.662. The smallest absolute Gasteiger partial charge is 0.122 e. The van der Waals surface area contributed by atoms with Gasteiger partial charge in [0.1, 0.15) is 5.75 Å². The molecule has 1 aliphatic rings. The highest BCUT2D eigenvalue weighted by atomic mass is 16.5. The van der Waals surface area contributed by atoms with Crippen LogP contribution in [-0.4, -0.2) is 6.61 Å². The van der Waals surface area contributed by atoms with Crippen LogP contribution in [0.2, 0.25) is 0 Å². The lowest BCUT2D eigenvalue weighted by atomic mass is 9.93. The molecule has 0 spiro atoms. The van der Waals surface area contributed by atoms with Crippen molar-refractivity contribution < 1.29 is 4.74 Å². The molecule has 2 rings (SSSR count). The van der Waals surface area contributed by atoms with Crippen molar-refractivity contribution in [2.45, 2.75) is 46.5 Å². The third-order valence-electron chi connectivity index (χ3n) is 2.82.